The summed E-state index contributed by atoms with van der Waals surface area (Å²) in [6.07, 6.45) is 4.98. The molecule has 2 N–H and O–H groups in total. The fourth-order valence-electron chi connectivity index (χ4n) is 4.57. The van der Waals surface area contributed by atoms with Gasteiger partial charge in [0.2, 0.25) is 10.0 Å². The summed E-state index contributed by atoms with van der Waals surface area (Å²) in [5.41, 5.74) is 1.46. The lowest BCUT2D eigenvalue weighted by Crippen LogP contribution is -2.42. The number of benzene rings is 1. The molecule has 1 aromatic carbocycles. The van der Waals surface area contributed by atoms with Crippen molar-refractivity contribution in [3.05, 3.63) is 46.1 Å². The number of hydrogen-bond acceptors (Lipinski definition) is 6. The number of halogens is 1. The number of amides is 2. The molecule has 4 rings (SSSR count). The predicted octanol–water partition coefficient (Wildman–Crippen LogP) is 4.17. The Morgan fingerprint density at radius 1 is 1.14 bits per heavy atom. The fourth-order valence-corrected chi connectivity index (χ4v) is 7.31. The number of esters is 1. The quantitative estimate of drug-likeness (QED) is 0.530. The molecule has 0 unspecified atom stereocenters. The number of thiophene rings is 1. The van der Waals surface area contributed by atoms with Gasteiger partial charge in [0.05, 0.1) is 17.1 Å². The number of piperidine rings is 1. The minimum absolute atomic E-state index is 0.0749. The van der Waals surface area contributed by atoms with E-state index in [0.717, 1.165) is 48.3 Å². The smallest absolute Gasteiger partial charge is 0.341 e. The molecule has 2 aromatic rings. The number of hydrogen-bond donors (Lipinski definition) is 2. The number of carbonyl (C=O) groups excluding carboxylic acids is 2. The number of sulfonamides is 1. The summed E-state index contributed by atoms with van der Waals surface area (Å²) in [5.74, 6) is -0.762. The molecule has 1 saturated heterocycles. The average molecular weight is 524 g/mol. The van der Waals surface area contributed by atoms with Gasteiger partial charge in [0.25, 0.3) is 0 Å². The van der Waals surface area contributed by atoms with Crippen molar-refractivity contribution in [2.24, 2.45) is 5.92 Å². The zero-order valence-electron chi connectivity index (χ0n) is 19.6. The van der Waals surface area contributed by atoms with E-state index in [1.54, 1.807) is 6.92 Å². The van der Waals surface area contributed by atoms with Crippen LogP contribution in [0.3, 0.4) is 0 Å². The molecular formula is C24H30FN3O5S2. The van der Waals surface area contributed by atoms with Crippen molar-refractivity contribution >= 4 is 38.4 Å². The molecule has 0 atom stereocenters. The average Bonchev–Trinajstić information content (AvgIpc) is 3.21. The summed E-state index contributed by atoms with van der Waals surface area (Å²) < 4.78 is 45.3. The van der Waals surface area contributed by atoms with Crippen LogP contribution in [0.25, 0.3) is 0 Å². The Morgan fingerprint density at radius 3 is 2.51 bits per heavy atom. The van der Waals surface area contributed by atoms with E-state index >= 15 is 0 Å². The fraction of sp³-hybridized carbons (Fsp3) is 0.500. The number of anilines is 1. The molecule has 0 spiro atoms. The van der Waals surface area contributed by atoms with Gasteiger partial charge in [0.1, 0.15) is 10.8 Å². The number of nitrogens with zero attached hydrogens (tertiary/aromatic N) is 1. The van der Waals surface area contributed by atoms with Crippen molar-refractivity contribution in [2.75, 3.05) is 31.6 Å². The molecule has 11 heteroatoms. The minimum atomic E-state index is -3.67. The van der Waals surface area contributed by atoms with E-state index < -0.39 is 27.8 Å². The Balaban J connectivity index is 1.31. The first-order valence-electron chi connectivity index (χ1n) is 11.9. The van der Waals surface area contributed by atoms with Crippen LogP contribution in [0.2, 0.25) is 0 Å². The first-order chi connectivity index (χ1) is 16.8. The van der Waals surface area contributed by atoms with Crippen molar-refractivity contribution < 1.29 is 27.1 Å². The summed E-state index contributed by atoms with van der Waals surface area (Å²) in [6.45, 7) is 3.09. The monoisotopic (exact) mass is 523 g/mol. The second kappa shape index (κ2) is 11.0. The van der Waals surface area contributed by atoms with E-state index in [1.807, 2.05) is 0 Å². The van der Waals surface area contributed by atoms with Gasteiger partial charge in [-0.25, -0.2) is 22.4 Å². The SMILES string of the molecule is CCOC(=O)c1c(NC(=O)NCC2CCN(S(=O)(=O)c3ccc(F)cc3)CC2)sc2c1CCCC2. The van der Waals surface area contributed by atoms with Crippen LogP contribution in [0.1, 0.15) is 53.4 Å². The van der Waals surface area contributed by atoms with Gasteiger partial charge in [-0.15, -0.1) is 11.3 Å². The summed E-state index contributed by atoms with van der Waals surface area (Å²) in [5, 5.41) is 6.22. The summed E-state index contributed by atoms with van der Waals surface area (Å²) in [7, 11) is -3.67. The van der Waals surface area contributed by atoms with E-state index in [4.69, 9.17) is 4.74 Å². The van der Waals surface area contributed by atoms with Crippen LogP contribution in [0.15, 0.2) is 29.2 Å². The number of rotatable bonds is 7. The standard InChI is InChI=1S/C24H30FN3O5S2/c1-2-33-23(29)21-19-5-3-4-6-20(19)34-22(21)27-24(30)26-15-16-11-13-28(14-12-16)35(31,32)18-9-7-17(25)8-10-18/h7-10,16H,2-6,11-15H2,1H3,(H2,26,27,30). The zero-order valence-corrected chi connectivity index (χ0v) is 21.3. The number of ether oxygens (including phenoxy) is 1. The third-order valence-corrected chi connectivity index (χ3v) is 9.57. The topological polar surface area (TPSA) is 105 Å². The highest BCUT2D eigenvalue weighted by atomic mass is 32.2. The molecule has 2 heterocycles. The third-order valence-electron chi connectivity index (χ3n) is 6.45. The van der Waals surface area contributed by atoms with E-state index in [9.17, 15) is 22.4 Å². The maximum absolute atomic E-state index is 13.1. The molecule has 1 aliphatic carbocycles. The molecule has 35 heavy (non-hydrogen) atoms. The Hall–Kier alpha value is -2.50. The van der Waals surface area contributed by atoms with Crippen molar-refractivity contribution in [3.8, 4) is 0 Å². The highest BCUT2D eigenvalue weighted by Crippen LogP contribution is 2.38. The normalized spacial score (nSPS) is 17.0. The maximum Gasteiger partial charge on any atom is 0.341 e. The van der Waals surface area contributed by atoms with Crippen LogP contribution in [-0.4, -0.2) is 51.0 Å². The second-order valence-corrected chi connectivity index (χ2v) is 11.8. The van der Waals surface area contributed by atoms with Crippen LogP contribution >= 0.6 is 11.3 Å². The lowest BCUT2D eigenvalue weighted by Gasteiger charge is -2.31. The van der Waals surface area contributed by atoms with Gasteiger partial charge in [0.15, 0.2) is 0 Å². The van der Waals surface area contributed by atoms with Crippen molar-refractivity contribution in [1.82, 2.24) is 9.62 Å². The van der Waals surface area contributed by atoms with E-state index in [0.29, 0.717) is 43.0 Å². The second-order valence-electron chi connectivity index (χ2n) is 8.77. The van der Waals surface area contributed by atoms with Crippen LogP contribution in [0.5, 0.6) is 0 Å². The van der Waals surface area contributed by atoms with Gasteiger partial charge in [-0.1, -0.05) is 0 Å². The zero-order chi connectivity index (χ0) is 25.0. The van der Waals surface area contributed by atoms with Crippen molar-refractivity contribution in [1.29, 1.82) is 0 Å². The van der Waals surface area contributed by atoms with Gasteiger partial charge in [-0.3, -0.25) is 5.32 Å². The minimum Gasteiger partial charge on any atom is -0.462 e. The van der Waals surface area contributed by atoms with E-state index in [-0.39, 0.29) is 17.4 Å². The molecule has 190 valence electrons. The Bertz CT molecular complexity index is 1170. The van der Waals surface area contributed by atoms with Crippen LogP contribution in [-0.2, 0) is 27.6 Å². The van der Waals surface area contributed by atoms with Crippen LogP contribution in [0.4, 0.5) is 14.2 Å². The number of aryl methyl sites for hydroxylation is 1. The van der Waals surface area contributed by atoms with Crippen molar-refractivity contribution in [2.45, 2.75) is 50.3 Å². The van der Waals surface area contributed by atoms with Crippen molar-refractivity contribution in [3.63, 3.8) is 0 Å². The number of fused-ring (bicyclic) bond motifs is 1. The Labute approximate surface area is 208 Å². The summed E-state index contributed by atoms with van der Waals surface area (Å²) in [6, 6.07) is 4.43. The molecule has 0 radical (unpaired) electrons. The Kier molecular flexibility index (Phi) is 8.08. The van der Waals surface area contributed by atoms with Gasteiger partial charge in [-0.2, -0.15) is 4.31 Å². The number of urea groups is 1. The molecule has 2 aliphatic rings. The molecule has 1 aromatic heterocycles. The van der Waals surface area contributed by atoms with Crippen LogP contribution in [0, 0.1) is 11.7 Å². The van der Waals surface area contributed by atoms with Gasteiger partial charge < -0.3 is 10.1 Å². The predicted molar refractivity (Wildman–Crippen MR) is 132 cm³/mol. The highest BCUT2D eigenvalue weighted by molar-refractivity contribution is 7.89. The van der Waals surface area contributed by atoms with Gasteiger partial charge >= 0.3 is 12.0 Å². The number of nitrogens with one attached hydrogen (secondary N) is 2. The Morgan fingerprint density at radius 2 is 1.83 bits per heavy atom. The van der Waals surface area contributed by atoms with E-state index in [2.05, 4.69) is 10.6 Å². The maximum atomic E-state index is 13.1. The van der Waals surface area contributed by atoms with E-state index in [1.165, 1.54) is 27.8 Å². The molecule has 0 saturated carbocycles. The van der Waals surface area contributed by atoms with Gasteiger partial charge in [-0.05, 0) is 81.2 Å². The lowest BCUT2D eigenvalue weighted by molar-refractivity contribution is 0.0526. The molecule has 2 amide bonds. The summed E-state index contributed by atoms with van der Waals surface area (Å²) >= 11 is 1.44. The molecule has 1 fully saturated rings. The first-order valence-corrected chi connectivity index (χ1v) is 14.2. The van der Waals surface area contributed by atoms with Gasteiger partial charge in [0, 0.05) is 24.5 Å². The first kappa shape index (κ1) is 25.6. The molecular weight excluding hydrogens is 493 g/mol. The summed E-state index contributed by atoms with van der Waals surface area (Å²) in [4.78, 5) is 26.4. The largest absolute Gasteiger partial charge is 0.462 e. The molecule has 8 nitrogen and oxygen atoms in total. The lowest BCUT2D eigenvalue weighted by atomic mass is 9.95. The number of carbonyl (C=O) groups is 2. The molecule has 0 bridgehead atoms. The highest BCUT2D eigenvalue weighted by Gasteiger charge is 2.30. The molecule has 1 aliphatic heterocycles. The van der Waals surface area contributed by atoms with Crippen LogP contribution < -0.4 is 10.6 Å². The third kappa shape index (κ3) is 5.84.